The van der Waals surface area contributed by atoms with E-state index in [0.717, 1.165) is 47.2 Å². The van der Waals surface area contributed by atoms with E-state index in [1.165, 1.54) is 0 Å². The number of rotatable bonds is 1. The Morgan fingerprint density at radius 3 is 2.77 bits per heavy atom. The zero-order valence-corrected chi connectivity index (χ0v) is 12.6. The van der Waals surface area contributed by atoms with Crippen LogP contribution in [0.25, 0.3) is 16.7 Å². The fraction of sp³-hybridized carbons (Fsp3) is 0.263. The molecule has 1 unspecified atom stereocenters. The van der Waals surface area contributed by atoms with Crippen LogP contribution in [0.1, 0.15) is 24.6 Å². The van der Waals surface area contributed by atoms with Crippen molar-refractivity contribution < 1.29 is 0 Å². The van der Waals surface area contributed by atoms with E-state index in [9.17, 15) is 4.79 Å². The van der Waals surface area contributed by atoms with E-state index < -0.39 is 0 Å². The lowest BCUT2D eigenvalue weighted by molar-refractivity contribution is 0.488. The minimum Gasteiger partial charge on any atom is -0.298 e. The fourth-order valence-electron chi connectivity index (χ4n) is 3.47. The quantitative estimate of drug-likeness (QED) is 0.687. The van der Waals surface area contributed by atoms with Gasteiger partial charge in [0.2, 0.25) is 0 Å². The first-order chi connectivity index (χ1) is 10.8. The first-order valence-corrected chi connectivity index (χ1v) is 7.82. The Morgan fingerprint density at radius 1 is 1.14 bits per heavy atom. The summed E-state index contributed by atoms with van der Waals surface area (Å²) in [5.41, 5.74) is 4.13. The van der Waals surface area contributed by atoms with Crippen LogP contribution in [0, 0.1) is 5.92 Å². The van der Waals surface area contributed by atoms with Gasteiger partial charge in [-0.2, -0.15) is 0 Å². The van der Waals surface area contributed by atoms with Crippen LogP contribution in [0.3, 0.4) is 0 Å². The van der Waals surface area contributed by atoms with Gasteiger partial charge in [-0.05, 0) is 49.4 Å². The number of para-hydroxylation sites is 1. The minimum absolute atomic E-state index is 0.164. The predicted molar refractivity (Wildman–Crippen MR) is 88.5 cm³/mol. The summed E-state index contributed by atoms with van der Waals surface area (Å²) in [7, 11) is 0. The molecule has 0 fully saturated rings. The van der Waals surface area contributed by atoms with Gasteiger partial charge in [0.25, 0.3) is 0 Å². The fourth-order valence-corrected chi connectivity index (χ4v) is 3.47. The molecular weight excluding hydrogens is 272 g/mol. The lowest BCUT2D eigenvalue weighted by atomic mass is 9.86. The Kier molecular flexibility index (Phi) is 3.07. The van der Waals surface area contributed by atoms with Crippen LogP contribution >= 0.6 is 0 Å². The topological polar surface area (TPSA) is 34.9 Å². The Balaban J connectivity index is 2.14. The molecule has 1 aromatic carbocycles. The van der Waals surface area contributed by atoms with E-state index in [2.05, 4.69) is 28.6 Å². The van der Waals surface area contributed by atoms with Crippen molar-refractivity contribution in [3.05, 3.63) is 70.1 Å². The molecule has 0 bridgehead atoms. The monoisotopic (exact) mass is 290 g/mol. The molecule has 3 aromatic rings. The van der Waals surface area contributed by atoms with Gasteiger partial charge in [0.15, 0.2) is 5.43 Å². The van der Waals surface area contributed by atoms with Crippen LogP contribution in [0.15, 0.2) is 53.5 Å². The molecule has 0 spiro atoms. The second kappa shape index (κ2) is 5.09. The Bertz CT molecular complexity index is 896. The third-order valence-corrected chi connectivity index (χ3v) is 4.58. The molecule has 3 heteroatoms. The van der Waals surface area contributed by atoms with Gasteiger partial charge in [0.05, 0.1) is 5.39 Å². The molecule has 1 atom stereocenters. The summed E-state index contributed by atoms with van der Waals surface area (Å²) in [5.74, 6) is 0.568. The number of aromatic nitrogens is 2. The number of fused-ring (bicyclic) bond motifs is 2. The van der Waals surface area contributed by atoms with Gasteiger partial charge >= 0.3 is 0 Å². The second-order valence-electron chi connectivity index (χ2n) is 6.15. The van der Waals surface area contributed by atoms with Gasteiger partial charge in [-0.25, -0.2) is 4.98 Å². The molecule has 4 rings (SSSR count). The van der Waals surface area contributed by atoms with E-state index in [1.54, 1.807) is 6.20 Å². The van der Waals surface area contributed by atoms with E-state index in [4.69, 9.17) is 0 Å². The molecular formula is C19H18N2O. The SMILES string of the molecule is CC1CCc2c(c(=O)c3cccnc3n2-c2ccccc2)C1. The molecule has 0 saturated carbocycles. The molecule has 0 aliphatic heterocycles. The first kappa shape index (κ1) is 13.3. The van der Waals surface area contributed by atoms with Crippen LogP contribution in [0.5, 0.6) is 0 Å². The zero-order chi connectivity index (χ0) is 15.1. The second-order valence-corrected chi connectivity index (χ2v) is 6.15. The summed E-state index contributed by atoms with van der Waals surface area (Å²) in [6, 6.07) is 14.0. The summed E-state index contributed by atoms with van der Waals surface area (Å²) in [5, 5.41) is 0.721. The molecule has 1 aliphatic carbocycles. The van der Waals surface area contributed by atoms with E-state index in [0.29, 0.717) is 5.92 Å². The van der Waals surface area contributed by atoms with Crippen molar-refractivity contribution in [3.63, 3.8) is 0 Å². The third-order valence-electron chi connectivity index (χ3n) is 4.58. The number of pyridine rings is 2. The van der Waals surface area contributed by atoms with E-state index >= 15 is 0 Å². The molecule has 0 radical (unpaired) electrons. The summed E-state index contributed by atoms with van der Waals surface area (Å²) in [4.78, 5) is 17.4. The predicted octanol–water partition coefficient (Wildman–Crippen LogP) is 3.51. The molecule has 2 aromatic heterocycles. The van der Waals surface area contributed by atoms with Crippen molar-refractivity contribution in [3.8, 4) is 5.69 Å². The molecule has 0 N–H and O–H groups in total. The largest absolute Gasteiger partial charge is 0.298 e. The summed E-state index contributed by atoms with van der Waals surface area (Å²) < 4.78 is 2.18. The third kappa shape index (κ3) is 1.97. The number of hydrogen-bond donors (Lipinski definition) is 0. The van der Waals surface area contributed by atoms with Crippen molar-refractivity contribution in [2.75, 3.05) is 0 Å². The smallest absolute Gasteiger partial charge is 0.194 e. The van der Waals surface area contributed by atoms with Crippen LogP contribution < -0.4 is 5.43 Å². The standard InChI is InChI=1S/C19H18N2O/c1-13-9-10-17-16(12-13)18(22)15-8-5-11-20-19(15)21(17)14-6-3-2-4-7-14/h2-8,11,13H,9-10,12H2,1H3. The lowest BCUT2D eigenvalue weighted by Gasteiger charge is -2.26. The van der Waals surface area contributed by atoms with Crippen LogP contribution in [0.4, 0.5) is 0 Å². The van der Waals surface area contributed by atoms with Crippen LogP contribution in [0.2, 0.25) is 0 Å². The van der Waals surface area contributed by atoms with Crippen LogP contribution in [-0.4, -0.2) is 9.55 Å². The zero-order valence-electron chi connectivity index (χ0n) is 12.6. The number of benzene rings is 1. The van der Waals surface area contributed by atoms with Gasteiger partial charge < -0.3 is 0 Å². The Labute approximate surface area is 129 Å². The van der Waals surface area contributed by atoms with Crippen molar-refractivity contribution in [2.45, 2.75) is 26.2 Å². The molecule has 22 heavy (non-hydrogen) atoms. The Hall–Kier alpha value is -2.42. The van der Waals surface area contributed by atoms with E-state index in [1.807, 2.05) is 30.3 Å². The summed E-state index contributed by atoms with van der Waals surface area (Å²) in [6.07, 6.45) is 4.69. The maximum Gasteiger partial charge on any atom is 0.194 e. The number of hydrogen-bond acceptors (Lipinski definition) is 2. The summed E-state index contributed by atoms with van der Waals surface area (Å²) >= 11 is 0. The lowest BCUT2D eigenvalue weighted by Crippen LogP contribution is -2.26. The number of nitrogens with zero attached hydrogens (tertiary/aromatic N) is 2. The maximum absolute atomic E-state index is 12.8. The molecule has 3 nitrogen and oxygen atoms in total. The van der Waals surface area contributed by atoms with Gasteiger partial charge in [0.1, 0.15) is 5.65 Å². The summed E-state index contributed by atoms with van der Waals surface area (Å²) in [6.45, 7) is 2.22. The highest BCUT2D eigenvalue weighted by atomic mass is 16.1. The normalized spacial score (nSPS) is 17.4. The van der Waals surface area contributed by atoms with Gasteiger partial charge in [0, 0.05) is 23.1 Å². The van der Waals surface area contributed by atoms with Crippen molar-refractivity contribution in [1.29, 1.82) is 0 Å². The van der Waals surface area contributed by atoms with Crippen molar-refractivity contribution in [1.82, 2.24) is 9.55 Å². The average molecular weight is 290 g/mol. The minimum atomic E-state index is 0.164. The van der Waals surface area contributed by atoms with Gasteiger partial charge in [-0.15, -0.1) is 0 Å². The molecule has 1 aliphatic rings. The molecule has 2 heterocycles. The molecule has 0 amide bonds. The highest BCUT2D eigenvalue weighted by Crippen LogP contribution is 2.28. The first-order valence-electron chi connectivity index (χ1n) is 7.82. The highest BCUT2D eigenvalue weighted by Gasteiger charge is 2.24. The molecule has 110 valence electrons. The van der Waals surface area contributed by atoms with Crippen molar-refractivity contribution in [2.24, 2.45) is 5.92 Å². The van der Waals surface area contributed by atoms with Gasteiger partial charge in [-0.1, -0.05) is 25.1 Å². The highest BCUT2D eigenvalue weighted by molar-refractivity contribution is 5.78. The Morgan fingerprint density at radius 2 is 1.95 bits per heavy atom. The van der Waals surface area contributed by atoms with E-state index in [-0.39, 0.29) is 5.43 Å². The average Bonchev–Trinajstić information content (AvgIpc) is 2.57. The van der Waals surface area contributed by atoms with Crippen molar-refractivity contribution >= 4 is 11.0 Å². The molecule has 0 saturated heterocycles. The van der Waals surface area contributed by atoms with Crippen LogP contribution in [-0.2, 0) is 12.8 Å². The maximum atomic E-state index is 12.8. The van der Waals surface area contributed by atoms with Gasteiger partial charge in [-0.3, -0.25) is 9.36 Å².